The van der Waals surface area contributed by atoms with Crippen LogP contribution < -0.4 is 5.19 Å². The molecule has 0 radical (unpaired) electrons. The van der Waals surface area contributed by atoms with Crippen molar-refractivity contribution in [2.75, 3.05) is 14.2 Å². The normalized spacial score (nSPS) is 20.0. The number of allylic oxidation sites excluding steroid dienone is 1. The molecular weight excluding hydrogens is 372 g/mol. The monoisotopic (exact) mass is 400 g/mol. The van der Waals surface area contributed by atoms with Gasteiger partial charge in [0.1, 0.15) is 5.60 Å². The van der Waals surface area contributed by atoms with Gasteiger partial charge >= 0.3 is 11.9 Å². The summed E-state index contributed by atoms with van der Waals surface area (Å²) < 4.78 is 16.5. The molecule has 28 heavy (non-hydrogen) atoms. The molecule has 0 aromatic heterocycles. The molecule has 2 aliphatic rings. The van der Waals surface area contributed by atoms with Gasteiger partial charge in [0, 0.05) is 12.8 Å². The van der Waals surface area contributed by atoms with E-state index in [1.54, 1.807) is 6.08 Å². The summed E-state index contributed by atoms with van der Waals surface area (Å²) in [7, 11) is 0.402. The highest BCUT2D eigenvalue weighted by molar-refractivity contribution is 6.95. The standard InChI is InChI=1S/C22H28O5Si/c1-21(2)12-15-13-22(19(23)25-3,20(24)26-4)14-17(15)18(27-21)28(5,6)16-10-8-7-9-11-16/h7-11,13H,12,14H2,1-6H3. The fourth-order valence-electron chi connectivity index (χ4n) is 4.24. The van der Waals surface area contributed by atoms with Crippen molar-refractivity contribution >= 4 is 25.2 Å². The molecule has 1 heterocycles. The predicted octanol–water partition coefficient (Wildman–Crippen LogP) is 3.26. The summed E-state index contributed by atoms with van der Waals surface area (Å²) in [5.74, 6) is -1.19. The summed E-state index contributed by atoms with van der Waals surface area (Å²) in [6.45, 7) is 8.55. The van der Waals surface area contributed by atoms with Gasteiger partial charge < -0.3 is 14.2 Å². The molecule has 3 rings (SSSR count). The maximum atomic E-state index is 12.6. The molecule has 0 unspecified atom stereocenters. The Morgan fingerprint density at radius 3 is 2.11 bits per heavy atom. The van der Waals surface area contributed by atoms with Crippen molar-refractivity contribution in [1.82, 2.24) is 0 Å². The summed E-state index contributed by atoms with van der Waals surface area (Å²) in [6.07, 6.45) is 2.59. The lowest BCUT2D eigenvalue weighted by Gasteiger charge is -2.40. The molecule has 1 aromatic carbocycles. The zero-order valence-electron chi connectivity index (χ0n) is 17.4. The molecule has 150 valence electrons. The Kier molecular flexibility index (Phi) is 5.04. The lowest BCUT2D eigenvalue weighted by atomic mass is 9.87. The van der Waals surface area contributed by atoms with E-state index in [-0.39, 0.29) is 6.42 Å². The van der Waals surface area contributed by atoms with Crippen molar-refractivity contribution in [1.29, 1.82) is 0 Å². The number of benzene rings is 1. The SMILES string of the molecule is COC(=O)C1(C(=O)OC)C=C2CC(C)(C)OC([Si](C)(C)c3ccccc3)=C2C1. The van der Waals surface area contributed by atoms with Gasteiger partial charge in [-0.15, -0.1) is 0 Å². The number of carbonyl (C=O) groups excluding carboxylic acids is 2. The lowest BCUT2D eigenvalue weighted by Crippen LogP contribution is -2.49. The minimum absolute atomic E-state index is 0.219. The zero-order valence-corrected chi connectivity index (χ0v) is 18.4. The minimum atomic E-state index is -2.19. The summed E-state index contributed by atoms with van der Waals surface area (Å²) in [4.78, 5) is 25.3. The van der Waals surface area contributed by atoms with Crippen LogP contribution in [-0.4, -0.2) is 39.8 Å². The van der Waals surface area contributed by atoms with Crippen LogP contribution in [0.2, 0.25) is 13.1 Å². The predicted molar refractivity (Wildman–Crippen MR) is 110 cm³/mol. The average Bonchev–Trinajstić information content (AvgIpc) is 3.05. The first kappa shape index (κ1) is 20.4. The largest absolute Gasteiger partial charge is 0.496 e. The number of hydrogen-bond donors (Lipinski definition) is 0. The van der Waals surface area contributed by atoms with Crippen LogP contribution in [0.15, 0.2) is 52.9 Å². The highest BCUT2D eigenvalue weighted by Gasteiger charge is 2.55. The quantitative estimate of drug-likeness (QED) is 0.441. The highest BCUT2D eigenvalue weighted by atomic mass is 28.3. The highest BCUT2D eigenvalue weighted by Crippen LogP contribution is 2.50. The number of methoxy groups -OCH3 is 2. The van der Waals surface area contributed by atoms with E-state index < -0.39 is 31.0 Å². The second-order valence-corrected chi connectivity index (χ2v) is 12.9. The molecule has 0 N–H and O–H groups in total. The van der Waals surface area contributed by atoms with Crippen molar-refractivity contribution in [3.8, 4) is 0 Å². The molecular formula is C22H28O5Si. The second kappa shape index (κ2) is 6.92. The number of fused-ring (bicyclic) bond motifs is 1. The topological polar surface area (TPSA) is 61.8 Å². The van der Waals surface area contributed by atoms with Gasteiger partial charge in [-0.25, -0.2) is 0 Å². The van der Waals surface area contributed by atoms with Gasteiger partial charge in [-0.05, 0) is 25.0 Å². The molecule has 0 bridgehead atoms. The first-order chi connectivity index (χ1) is 13.1. The Balaban J connectivity index is 2.20. The van der Waals surface area contributed by atoms with Crippen LogP contribution in [0.3, 0.4) is 0 Å². The van der Waals surface area contributed by atoms with E-state index >= 15 is 0 Å². The Hall–Kier alpha value is -2.34. The van der Waals surface area contributed by atoms with Crippen LogP contribution in [-0.2, 0) is 23.8 Å². The average molecular weight is 401 g/mol. The number of carbonyl (C=O) groups is 2. The van der Waals surface area contributed by atoms with E-state index in [0.29, 0.717) is 6.42 Å². The van der Waals surface area contributed by atoms with Crippen LogP contribution >= 0.6 is 0 Å². The third-order valence-corrected chi connectivity index (χ3v) is 9.01. The number of esters is 2. The summed E-state index contributed by atoms with van der Waals surface area (Å²) in [6, 6.07) is 10.3. The van der Waals surface area contributed by atoms with Crippen molar-refractivity contribution in [3.05, 3.63) is 52.9 Å². The fraction of sp³-hybridized carbons (Fsp3) is 0.455. The molecule has 0 amide bonds. The van der Waals surface area contributed by atoms with E-state index in [4.69, 9.17) is 14.2 Å². The van der Waals surface area contributed by atoms with Crippen LogP contribution in [0.25, 0.3) is 0 Å². The molecule has 5 nitrogen and oxygen atoms in total. The molecule has 0 atom stereocenters. The molecule has 6 heteroatoms. The Morgan fingerprint density at radius 2 is 1.57 bits per heavy atom. The van der Waals surface area contributed by atoms with Gasteiger partial charge in [0.05, 0.1) is 19.6 Å². The summed E-state index contributed by atoms with van der Waals surface area (Å²) in [5, 5.41) is 2.17. The van der Waals surface area contributed by atoms with Gasteiger partial charge in [-0.3, -0.25) is 9.59 Å². The maximum Gasteiger partial charge on any atom is 0.327 e. The van der Waals surface area contributed by atoms with Gasteiger partial charge in [0.15, 0.2) is 13.5 Å². The third-order valence-electron chi connectivity index (χ3n) is 5.69. The summed E-state index contributed by atoms with van der Waals surface area (Å²) >= 11 is 0. The van der Waals surface area contributed by atoms with E-state index in [1.165, 1.54) is 19.4 Å². The van der Waals surface area contributed by atoms with Crippen molar-refractivity contribution in [3.63, 3.8) is 0 Å². The molecule has 1 aliphatic heterocycles. The van der Waals surface area contributed by atoms with E-state index in [2.05, 4.69) is 25.2 Å². The number of ether oxygens (including phenoxy) is 3. The number of hydrogen-bond acceptors (Lipinski definition) is 5. The van der Waals surface area contributed by atoms with Gasteiger partial charge in [-0.1, -0.05) is 54.7 Å². The third kappa shape index (κ3) is 3.19. The lowest BCUT2D eigenvalue weighted by molar-refractivity contribution is -0.164. The van der Waals surface area contributed by atoms with Crippen molar-refractivity contribution < 1.29 is 23.8 Å². The van der Waals surface area contributed by atoms with E-state index in [1.807, 2.05) is 32.0 Å². The Labute approximate surface area is 167 Å². The second-order valence-electron chi connectivity index (χ2n) is 8.64. The zero-order chi connectivity index (χ0) is 20.7. The van der Waals surface area contributed by atoms with Crippen molar-refractivity contribution in [2.45, 2.75) is 45.4 Å². The van der Waals surface area contributed by atoms with Gasteiger partial charge in [0.2, 0.25) is 0 Å². The first-order valence-corrected chi connectivity index (χ1v) is 12.4. The van der Waals surface area contributed by atoms with Gasteiger partial charge in [0.25, 0.3) is 0 Å². The molecule has 0 fully saturated rings. The van der Waals surface area contributed by atoms with E-state index in [9.17, 15) is 9.59 Å². The van der Waals surface area contributed by atoms with Crippen LogP contribution in [0.1, 0.15) is 26.7 Å². The maximum absolute atomic E-state index is 12.6. The molecule has 0 saturated heterocycles. The van der Waals surface area contributed by atoms with E-state index in [0.717, 1.165) is 16.5 Å². The molecule has 0 spiro atoms. The van der Waals surface area contributed by atoms with Crippen LogP contribution in [0.5, 0.6) is 0 Å². The number of rotatable bonds is 4. The fourth-order valence-corrected chi connectivity index (χ4v) is 7.07. The summed E-state index contributed by atoms with van der Waals surface area (Å²) in [5.41, 5.74) is 0.0744. The molecule has 1 aliphatic carbocycles. The van der Waals surface area contributed by atoms with Crippen molar-refractivity contribution in [2.24, 2.45) is 5.41 Å². The Morgan fingerprint density at radius 1 is 1.00 bits per heavy atom. The smallest absolute Gasteiger partial charge is 0.327 e. The van der Waals surface area contributed by atoms with Gasteiger partial charge in [-0.2, -0.15) is 0 Å². The Bertz CT molecular complexity index is 848. The molecule has 1 aromatic rings. The van der Waals surface area contributed by atoms with Crippen LogP contribution in [0.4, 0.5) is 0 Å². The van der Waals surface area contributed by atoms with Crippen LogP contribution in [0, 0.1) is 5.41 Å². The first-order valence-electron chi connectivity index (χ1n) is 9.44. The minimum Gasteiger partial charge on any atom is -0.496 e. The molecule has 0 saturated carbocycles.